The summed E-state index contributed by atoms with van der Waals surface area (Å²) in [5.41, 5.74) is -0.866. The van der Waals surface area contributed by atoms with Crippen LogP contribution in [0.1, 0.15) is 29.2 Å². The molecule has 0 aliphatic carbocycles. The van der Waals surface area contributed by atoms with Gasteiger partial charge in [0.05, 0.1) is 16.3 Å². The van der Waals surface area contributed by atoms with Crippen LogP contribution in [0.5, 0.6) is 5.75 Å². The molecule has 7 nitrogen and oxygen atoms in total. The van der Waals surface area contributed by atoms with Crippen LogP contribution in [-0.4, -0.2) is 28.2 Å². The Morgan fingerprint density at radius 2 is 2.12 bits per heavy atom. The molecule has 3 rings (SSSR count). The number of nitrogens with one attached hydrogen (secondary N) is 2. The largest absolute Gasteiger partial charge is 0.466 e. The summed E-state index contributed by atoms with van der Waals surface area (Å²) >= 11 is 6.94. The number of ether oxygens (including phenoxy) is 1. The maximum Gasteiger partial charge on any atom is 0.280 e. The molecule has 1 aliphatic heterocycles. The van der Waals surface area contributed by atoms with Crippen molar-refractivity contribution in [3.05, 3.63) is 33.8 Å². The molecular formula is C16H14ClN3O4S. The van der Waals surface area contributed by atoms with Gasteiger partial charge in [-0.25, -0.2) is 4.98 Å². The number of anilines is 2. The zero-order valence-electron chi connectivity index (χ0n) is 13.6. The van der Waals surface area contributed by atoms with E-state index in [1.54, 1.807) is 19.1 Å². The number of nitrogens with zero attached hydrogens (tertiary/aromatic N) is 1. The average molecular weight is 380 g/mol. The number of hydrogen-bond acceptors (Lipinski definition) is 6. The van der Waals surface area contributed by atoms with E-state index >= 15 is 0 Å². The zero-order chi connectivity index (χ0) is 18.4. The van der Waals surface area contributed by atoms with Crippen molar-refractivity contribution in [3.63, 3.8) is 0 Å². The molecule has 1 unspecified atom stereocenters. The van der Waals surface area contributed by atoms with E-state index in [-0.39, 0.29) is 10.9 Å². The van der Waals surface area contributed by atoms with E-state index < -0.39 is 17.4 Å². The van der Waals surface area contributed by atoms with Crippen molar-refractivity contribution in [2.75, 3.05) is 10.6 Å². The van der Waals surface area contributed by atoms with Gasteiger partial charge in [-0.15, -0.1) is 0 Å². The quantitative estimate of drug-likeness (QED) is 0.631. The number of rotatable bonds is 3. The summed E-state index contributed by atoms with van der Waals surface area (Å²) < 4.78 is 5.63. The van der Waals surface area contributed by atoms with Crippen LogP contribution in [0.15, 0.2) is 18.2 Å². The number of Topliss-reactive ketones (excluding diaryl/α,β-unsaturated/α-hetero) is 1. The number of aromatic nitrogens is 1. The number of carbonyl (C=O) groups is 3. The first-order chi connectivity index (χ1) is 11.7. The van der Waals surface area contributed by atoms with Crippen molar-refractivity contribution in [2.24, 2.45) is 0 Å². The highest BCUT2D eigenvalue weighted by molar-refractivity contribution is 7.17. The predicted octanol–water partition coefficient (Wildman–Crippen LogP) is 3.04. The van der Waals surface area contributed by atoms with E-state index in [2.05, 4.69) is 15.6 Å². The number of aryl methyl sites for hydroxylation is 1. The fourth-order valence-corrected chi connectivity index (χ4v) is 3.37. The molecule has 130 valence electrons. The molecule has 0 spiro atoms. The smallest absolute Gasteiger partial charge is 0.280 e. The Morgan fingerprint density at radius 1 is 1.40 bits per heavy atom. The first-order valence-corrected chi connectivity index (χ1v) is 8.50. The van der Waals surface area contributed by atoms with Gasteiger partial charge >= 0.3 is 0 Å². The predicted molar refractivity (Wildman–Crippen MR) is 94.6 cm³/mol. The number of amides is 2. The van der Waals surface area contributed by atoms with Crippen molar-refractivity contribution >= 4 is 51.4 Å². The second kappa shape index (κ2) is 6.12. The summed E-state index contributed by atoms with van der Waals surface area (Å²) in [5.74, 6) is -1.12. The fourth-order valence-electron chi connectivity index (χ4n) is 2.34. The lowest BCUT2D eigenvalue weighted by Gasteiger charge is -2.33. The maximum atomic E-state index is 12.6. The summed E-state index contributed by atoms with van der Waals surface area (Å²) in [7, 11) is 0. The van der Waals surface area contributed by atoms with Crippen LogP contribution in [0.2, 0.25) is 5.02 Å². The van der Waals surface area contributed by atoms with Crippen LogP contribution in [0.4, 0.5) is 10.8 Å². The van der Waals surface area contributed by atoms with Gasteiger partial charge in [0.25, 0.3) is 17.4 Å². The molecule has 1 aliphatic rings. The number of carbonyl (C=O) groups excluding carboxylic acids is 3. The number of halogens is 1. The van der Waals surface area contributed by atoms with Crippen molar-refractivity contribution < 1.29 is 19.1 Å². The zero-order valence-corrected chi connectivity index (χ0v) is 15.2. The highest BCUT2D eigenvalue weighted by atomic mass is 35.5. The molecule has 0 radical (unpaired) electrons. The SMILES string of the molecule is CC(=O)c1sc(NC(=O)C2(C)Oc3ccc(Cl)cc3NC2=O)nc1C. The third-order valence-corrected chi connectivity index (χ3v) is 5.12. The molecule has 0 saturated carbocycles. The second-order valence-corrected chi connectivity index (χ2v) is 7.11. The lowest BCUT2D eigenvalue weighted by atomic mass is 10.0. The fraction of sp³-hybridized carbons (Fsp3) is 0.250. The lowest BCUT2D eigenvalue weighted by Crippen LogP contribution is -2.56. The summed E-state index contributed by atoms with van der Waals surface area (Å²) in [6, 6.07) is 4.71. The molecule has 2 N–H and O–H groups in total. The molecule has 0 fully saturated rings. The molecule has 2 aromatic rings. The summed E-state index contributed by atoms with van der Waals surface area (Å²) in [6.45, 7) is 4.46. The topological polar surface area (TPSA) is 97.4 Å². The minimum absolute atomic E-state index is 0.140. The Balaban J connectivity index is 1.86. The molecule has 0 saturated heterocycles. The van der Waals surface area contributed by atoms with Crippen LogP contribution >= 0.6 is 22.9 Å². The van der Waals surface area contributed by atoms with E-state index in [0.29, 0.717) is 27.0 Å². The molecule has 1 aromatic heterocycles. The van der Waals surface area contributed by atoms with Crippen molar-refractivity contribution in [2.45, 2.75) is 26.4 Å². The van der Waals surface area contributed by atoms with Crippen LogP contribution in [-0.2, 0) is 9.59 Å². The Bertz CT molecular complexity index is 911. The van der Waals surface area contributed by atoms with Gasteiger partial charge in [-0.3, -0.25) is 19.7 Å². The normalized spacial score (nSPS) is 18.8. The minimum Gasteiger partial charge on any atom is -0.466 e. The lowest BCUT2D eigenvalue weighted by molar-refractivity contribution is -0.143. The number of fused-ring (bicyclic) bond motifs is 1. The van der Waals surface area contributed by atoms with Crippen LogP contribution in [0.3, 0.4) is 0 Å². The van der Waals surface area contributed by atoms with Gasteiger partial charge in [0.1, 0.15) is 5.75 Å². The minimum atomic E-state index is -1.78. The molecular weight excluding hydrogens is 366 g/mol. The van der Waals surface area contributed by atoms with Gasteiger partial charge in [0.2, 0.25) is 0 Å². The Labute approximate surface area is 152 Å². The number of thiazole rings is 1. The maximum absolute atomic E-state index is 12.6. The van der Waals surface area contributed by atoms with Crippen LogP contribution < -0.4 is 15.4 Å². The van der Waals surface area contributed by atoms with Crippen molar-refractivity contribution in [1.82, 2.24) is 4.98 Å². The standard InChI is InChI=1S/C16H14ClN3O4S/c1-7-12(8(2)21)25-15(18-7)20-14(23)16(3)13(22)19-10-6-9(17)4-5-11(10)24-16/h4-6H,1-3H3,(H,19,22)(H,18,20,23). The molecule has 1 aromatic carbocycles. The molecule has 2 heterocycles. The van der Waals surface area contributed by atoms with Gasteiger partial charge in [0.15, 0.2) is 10.9 Å². The van der Waals surface area contributed by atoms with E-state index in [9.17, 15) is 14.4 Å². The molecule has 2 amide bonds. The average Bonchev–Trinajstić information content (AvgIpc) is 2.89. The van der Waals surface area contributed by atoms with E-state index in [1.807, 2.05) is 0 Å². The Morgan fingerprint density at radius 3 is 2.76 bits per heavy atom. The number of benzene rings is 1. The van der Waals surface area contributed by atoms with Gasteiger partial charge in [-0.05, 0) is 32.0 Å². The van der Waals surface area contributed by atoms with E-state index in [1.165, 1.54) is 19.9 Å². The van der Waals surface area contributed by atoms with Gasteiger partial charge in [0, 0.05) is 11.9 Å². The van der Waals surface area contributed by atoms with Gasteiger partial charge in [-0.2, -0.15) is 0 Å². The first kappa shape index (κ1) is 17.4. The van der Waals surface area contributed by atoms with Crippen molar-refractivity contribution in [1.29, 1.82) is 0 Å². The molecule has 25 heavy (non-hydrogen) atoms. The van der Waals surface area contributed by atoms with E-state index in [0.717, 1.165) is 11.3 Å². The van der Waals surface area contributed by atoms with E-state index in [4.69, 9.17) is 16.3 Å². The molecule has 9 heteroatoms. The monoisotopic (exact) mass is 379 g/mol. The number of hydrogen-bond donors (Lipinski definition) is 2. The summed E-state index contributed by atoms with van der Waals surface area (Å²) in [5, 5.41) is 5.82. The van der Waals surface area contributed by atoms with Gasteiger partial charge in [-0.1, -0.05) is 22.9 Å². The second-order valence-electron chi connectivity index (χ2n) is 5.67. The van der Waals surface area contributed by atoms with Crippen molar-refractivity contribution in [3.8, 4) is 5.75 Å². The van der Waals surface area contributed by atoms with Crippen LogP contribution in [0.25, 0.3) is 0 Å². The third-order valence-electron chi connectivity index (χ3n) is 3.71. The summed E-state index contributed by atoms with van der Waals surface area (Å²) in [6.07, 6.45) is 0. The highest BCUT2D eigenvalue weighted by Gasteiger charge is 2.47. The first-order valence-electron chi connectivity index (χ1n) is 7.30. The summed E-state index contributed by atoms with van der Waals surface area (Å²) in [4.78, 5) is 41.1. The van der Waals surface area contributed by atoms with Crippen LogP contribution in [0, 0.1) is 6.92 Å². The highest BCUT2D eigenvalue weighted by Crippen LogP contribution is 2.36. The third kappa shape index (κ3) is 3.10. The Hall–Kier alpha value is -2.45. The number of ketones is 1. The molecule has 1 atom stereocenters. The Kier molecular flexibility index (Phi) is 4.26. The van der Waals surface area contributed by atoms with Gasteiger partial charge < -0.3 is 10.1 Å². The molecule has 0 bridgehead atoms.